The van der Waals surface area contributed by atoms with Gasteiger partial charge in [0.1, 0.15) is 5.82 Å². The van der Waals surface area contributed by atoms with E-state index in [-0.39, 0.29) is 32.6 Å². The Morgan fingerprint density at radius 1 is 1.08 bits per heavy atom. The molecule has 1 aliphatic heterocycles. The Bertz CT molecular complexity index is 868. The Balaban J connectivity index is 2.14. The van der Waals surface area contributed by atoms with Crippen LogP contribution in [0, 0.1) is 5.82 Å². The largest absolute Gasteiger partial charge is 0.428 e. The minimum absolute atomic E-state index is 0.0186. The van der Waals surface area contributed by atoms with Gasteiger partial charge in [-0.15, -0.1) is 0 Å². The van der Waals surface area contributed by atoms with E-state index in [1.807, 2.05) is 0 Å². The zero-order chi connectivity index (χ0) is 19.1. The molecule has 4 nitrogen and oxygen atoms in total. The third-order valence-corrected chi connectivity index (χ3v) is 4.25. The minimum Gasteiger partial charge on any atom is -0.321 e. The lowest BCUT2D eigenvalue weighted by Gasteiger charge is -2.28. The SMILES string of the molecule is NNc1cc(C2=CC(c3cc(Cl)cc(Cl)c3)(C(F)(F)F)ON2)ccc1F. The van der Waals surface area contributed by atoms with Gasteiger partial charge in [-0.3, -0.25) is 16.2 Å². The highest BCUT2D eigenvalue weighted by Gasteiger charge is 2.59. The number of alkyl halides is 3. The molecule has 4 N–H and O–H groups in total. The van der Waals surface area contributed by atoms with Crippen molar-refractivity contribution in [3.8, 4) is 0 Å². The lowest BCUT2D eigenvalue weighted by Crippen LogP contribution is -2.42. The topological polar surface area (TPSA) is 59.3 Å². The van der Waals surface area contributed by atoms with E-state index in [2.05, 4.69) is 10.9 Å². The molecule has 1 atom stereocenters. The van der Waals surface area contributed by atoms with Crippen molar-refractivity contribution in [1.82, 2.24) is 5.48 Å². The summed E-state index contributed by atoms with van der Waals surface area (Å²) in [4.78, 5) is 4.94. The molecule has 0 aliphatic carbocycles. The molecule has 138 valence electrons. The van der Waals surface area contributed by atoms with Gasteiger partial charge in [-0.05, 0) is 42.5 Å². The first-order chi connectivity index (χ1) is 12.2. The van der Waals surface area contributed by atoms with Gasteiger partial charge >= 0.3 is 6.18 Å². The summed E-state index contributed by atoms with van der Waals surface area (Å²) in [5, 5.41) is 0.0518. The van der Waals surface area contributed by atoms with Crippen LogP contribution in [0.25, 0.3) is 5.70 Å². The summed E-state index contributed by atoms with van der Waals surface area (Å²) in [6, 6.07) is 7.13. The number of hydrogen-bond donors (Lipinski definition) is 3. The van der Waals surface area contributed by atoms with Crippen LogP contribution >= 0.6 is 23.2 Å². The van der Waals surface area contributed by atoms with Crippen molar-refractivity contribution in [3.05, 3.63) is 69.5 Å². The van der Waals surface area contributed by atoms with Gasteiger partial charge in [-0.2, -0.15) is 13.2 Å². The molecule has 26 heavy (non-hydrogen) atoms. The second-order valence-electron chi connectivity index (χ2n) is 5.49. The molecule has 1 heterocycles. The van der Waals surface area contributed by atoms with Crippen molar-refractivity contribution in [2.24, 2.45) is 5.84 Å². The molecule has 2 aromatic rings. The van der Waals surface area contributed by atoms with E-state index >= 15 is 0 Å². The molecule has 0 fully saturated rings. The van der Waals surface area contributed by atoms with Gasteiger partial charge in [0.25, 0.3) is 0 Å². The number of hydroxylamine groups is 1. The number of nitrogen functional groups attached to an aromatic ring is 1. The van der Waals surface area contributed by atoms with Gasteiger partial charge in [-0.1, -0.05) is 23.2 Å². The summed E-state index contributed by atoms with van der Waals surface area (Å²) in [7, 11) is 0. The van der Waals surface area contributed by atoms with E-state index in [1.54, 1.807) is 0 Å². The molecular weight excluding hydrogens is 397 g/mol. The van der Waals surface area contributed by atoms with E-state index in [0.717, 1.165) is 24.3 Å². The van der Waals surface area contributed by atoms with Crippen molar-refractivity contribution in [3.63, 3.8) is 0 Å². The third-order valence-electron chi connectivity index (χ3n) is 3.81. The minimum atomic E-state index is -4.83. The first-order valence-electron chi connectivity index (χ1n) is 7.13. The normalized spacial score (nSPS) is 19.9. The highest BCUT2D eigenvalue weighted by molar-refractivity contribution is 6.34. The van der Waals surface area contributed by atoms with E-state index in [4.69, 9.17) is 33.9 Å². The quantitative estimate of drug-likeness (QED) is 0.390. The summed E-state index contributed by atoms with van der Waals surface area (Å²) in [6.45, 7) is 0. The first-order valence-corrected chi connectivity index (χ1v) is 7.88. The number of benzene rings is 2. The predicted octanol–water partition coefficient (Wildman–Crippen LogP) is 4.75. The molecule has 1 aliphatic rings. The predicted molar refractivity (Wildman–Crippen MR) is 90.6 cm³/mol. The average molecular weight is 408 g/mol. The van der Waals surface area contributed by atoms with Gasteiger partial charge in [0.15, 0.2) is 0 Å². The van der Waals surface area contributed by atoms with E-state index in [9.17, 15) is 17.6 Å². The van der Waals surface area contributed by atoms with E-state index in [1.165, 1.54) is 18.2 Å². The fraction of sp³-hybridized carbons (Fsp3) is 0.125. The Morgan fingerprint density at radius 3 is 2.31 bits per heavy atom. The number of nitrogens with two attached hydrogens (primary N) is 1. The van der Waals surface area contributed by atoms with Crippen LogP contribution in [0.3, 0.4) is 0 Å². The van der Waals surface area contributed by atoms with Crippen molar-refractivity contribution in [1.29, 1.82) is 0 Å². The van der Waals surface area contributed by atoms with E-state index in [0.29, 0.717) is 0 Å². The molecule has 0 bridgehead atoms. The van der Waals surface area contributed by atoms with Crippen LogP contribution in [0.5, 0.6) is 0 Å². The molecule has 0 amide bonds. The van der Waals surface area contributed by atoms with Crippen molar-refractivity contribution < 1.29 is 22.4 Å². The van der Waals surface area contributed by atoms with Gasteiger partial charge in [-0.25, -0.2) is 4.39 Å². The number of hydrazine groups is 1. The molecule has 3 rings (SSSR count). The maximum Gasteiger partial charge on any atom is 0.428 e. The van der Waals surface area contributed by atoms with Crippen molar-refractivity contribution >= 4 is 34.6 Å². The molecule has 0 radical (unpaired) electrons. The Morgan fingerprint density at radius 2 is 1.73 bits per heavy atom. The molecule has 0 spiro atoms. The summed E-state index contributed by atoms with van der Waals surface area (Å²) in [5.74, 6) is 4.54. The van der Waals surface area contributed by atoms with Gasteiger partial charge in [0.05, 0.1) is 11.4 Å². The van der Waals surface area contributed by atoms with Crippen molar-refractivity contribution in [2.45, 2.75) is 11.8 Å². The van der Waals surface area contributed by atoms with E-state index < -0.39 is 17.6 Å². The lowest BCUT2D eigenvalue weighted by atomic mass is 9.91. The van der Waals surface area contributed by atoms with Crippen LogP contribution in [-0.2, 0) is 10.4 Å². The van der Waals surface area contributed by atoms with Gasteiger partial charge < -0.3 is 5.43 Å². The smallest absolute Gasteiger partial charge is 0.321 e. The Labute approximate surface area is 155 Å². The molecule has 1 unspecified atom stereocenters. The standard InChI is InChI=1S/C16H11Cl2F4N3O/c17-10-4-9(5-11(18)6-10)15(16(20,21)22)7-14(25-26-15)8-1-2-12(19)13(3-8)24-23/h1-7,24-25H,23H2. The van der Waals surface area contributed by atoms with Crippen LogP contribution in [0.4, 0.5) is 23.2 Å². The summed E-state index contributed by atoms with van der Waals surface area (Å²) in [5.41, 5.74) is 1.39. The Hall–Kier alpha value is -2.00. The number of hydrogen-bond acceptors (Lipinski definition) is 4. The number of rotatable bonds is 3. The van der Waals surface area contributed by atoms with Crippen molar-refractivity contribution in [2.75, 3.05) is 5.43 Å². The monoisotopic (exact) mass is 407 g/mol. The zero-order valence-corrected chi connectivity index (χ0v) is 14.3. The fourth-order valence-electron chi connectivity index (χ4n) is 2.56. The second kappa shape index (κ2) is 6.62. The molecule has 0 saturated carbocycles. The zero-order valence-electron chi connectivity index (χ0n) is 12.8. The second-order valence-corrected chi connectivity index (χ2v) is 6.37. The molecule has 10 heteroatoms. The number of anilines is 1. The van der Waals surface area contributed by atoms with Crippen LogP contribution in [0.15, 0.2) is 42.5 Å². The van der Waals surface area contributed by atoms with Crippen LogP contribution in [-0.4, -0.2) is 6.18 Å². The molecule has 0 aromatic heterocycles. The number of nitrogens with one attached hydrogen (secondary N) is 2. The third kappa shape index (κ3) is 3.21. The summed E-state index contributed by atoms with van der Waals surface area (Å²) < 4.78 is 55.2. The van der Waals surface area contributed by atoms with Crippen LogP contribution < -0.4 is 16.7 Å². The maximum absolute atomic E-state index is 13.9. The Kier molecular flexibility index (Phi) is 4.78. The lowest BCUT2D eigenvalue weighted by molar-refractivity contribution is -0.269. The molecular formula is C16H11Cl2F4N3O. The van der Waals surface area contributed by atoms with Crippen LogP contribution in [0.1, 0.15) is 11.1 Å². The average Bonchev–Trinajstić information content (AvgIpc) is 3.01. The molecule has 0 saturated heterocycles. The fourth-order valence-corrected chi connectivity index (χ4v) is 3.08. The molecule has 2 aromatic carbocycles. The summed E-state index contributed by atoms with van der Waals surface area (Å²) >= 11 is 11.7. The highest BCUT2D eigenvalue weighted by atomic mass is 35.5. The highest BCUT2D eigenvalue weighted by Crippen LogP contribution is 2.48. The maximum atomic E-state index is 13.9. The van der Waals surface area contributed by atoms with Gasteiger partial charge in [0.2, 0.25) is 5.60 Å². The number of halogens is 6. The first kappa shape index (κ1) is 18.8. The van der Waals surface area contributed by atoms with Gasteiger partial charge in [0, 0.05) is 21.2 Å². The van der Waals surface area contributed by atoms with Crippen LogP contribution in [0.2, 0.25) is 10.0 Å². The summed E-state index contributed by atoms with van der Waals surface area (Å²) in [6.07, 6.45) is -3.99.